The topological polar surface area (TPSA) is 56.4 Å². The molecule has 0 bridgehead atoms. The summed E-state index contributed by atoms with van der Waals surface area (Å²) in [6, 6.07) is 1.75. The number of fused-ring (bicyclic) bond motifs is 1. The highest BCUT2D eigenvalue weighted by molar-refractivity contribution is 5.81. The summed E-state index contributed by atoms with van der Waals surface area (Å²) < 4.78 is 3.06. The third-order valence-corrected chi connectivity index (χ3v) is 3.86. The molecule has 1 aliphatic rings. The Kier molecular flexibility index (Phi) is 2.97. The predicted octanol–water partition coefficient (Wildman–Crippen LogP) is 1.56. The van der Waals surface area contributed by atoms with Gasteiger partial charge >= 0.3 is 0 Å². The van der Waals surface area contributed by atoms with Gasteiger partial charge in [-0.3, -0.25) is 9.59 Å². The monoisotopic (exact) mass is 259 g/mol. The molecule has 0 radical (unpaired) electrons. The van der Waals surface area contributed by atoms with Crippen molar-refractivity contribution in [3.05, 3.63) is 34.5 Å². The van der Waals surface area contributed by atoms with Crippen LogP contribution in [0.5, 0.6) is 0 Å². The lowest BCUT2D eigenvalue weighted by atomic mass is 10.0. The molecule has 3 rings (SSSR count). The summed E-state index contributed by atoms with van der Waals surface area (Å²) >= 11 is 0. The maximum atomic E-state index is 12.2. The average Bonchev–Trinajstić information content (AvgIpc) is 3.01. The van der Waals surface area contributed by atoms with Gasteiger partial charge in [0.2, 0.25) is 0 Å². The summed E-state index contributed by atoms with van der Waals surface area (Å²) in [7, 11) is 0. The molecule has 0 amide bonds. The van der Waals surface area contributed by atoms with E-state index in [4.69, 9.17) is 0 Å². The molecule has 0 saturated heterocycles. The van der Waals surface area contributed by atoms with Crippen LogP contribution in [-0.4, -0.2) is 20.0 Å². The van der Waals surface area contributed by atoms with Gasteiger partial charge in [-0.15, -0.1) is 0 Å². The van der Waals surface area contributed by atoms with E-state index in [2.05, 4.69) is 5.10 Å². The number of hydrogen-bond donors (Lipinski definition) is 0. The van der Waals surface area contributed by atoms with Crippen LogP contribution in [0.2, 0.25) is 0 Å². The lowest BCUT2D eigenvalue weighted by molar-refractivity contribution is -0.123. The number of aryl methyl sites for hydroxylation is 1. The molecule has 0 atom stereocenters. The highest BCUT2D eigenvalue weighted by Gasteiger charge is 2.23. The minimum Gasteiger partial charge on any atom is -0.305 e. The number of hydrogen-bond acceptors (Lipinski definition) is 3. The van der Waals surface area contributed by atoms with Crippen molar-refractivity contribution in [2.24, 2.45) is 5.92 Å². The van der Waals surface area contributed by atoms with E-state index < -0.39 is 0 Å². The zero-order valence-electron chi connectivity index (χ0n) is 11.0. The molecule has 2 aromatic rings. The number of rotatable bonds is 3. The molecule has 0 spiro atoms. The van der Waals surface area contributed by atoms with E-state index in [-0.39, 0.29) is 23.8 Å². The van der Waals surface area contributed by atoms with Crippen LogP contribution in [-0.2, 0) is 11.3 Å². The Bertz CT molecular complexity index is 678. The first-order valence-electron chi connectivity index (χ1n) is 6.73. The van der Waals surface area contributed by atoms with Gasteiger partial charge in [0.05, 0.1) is 12.2 Å². The van der Waals surface area contributed by atoms with Crippen LogP contribution in [0.25, 0.3) is 5.52 Å². The second-order valence-corrected chi connectivity index (χ2v) is 5.29. The summed E-state index contributed by atoms with van der Waals surface area (Å²) in [6.45, 7) is 2.03. The quantitative estimate of drug-likeness (QED) is 0.840. The van der Waals surface area contributed by atoms with E-state index in [1.54, 1.807) is 23.0 Å². The average molecular weight is 259 g/mol. The fraction of sp³-hybridized carbons (Fsp3) is 0.500. The van der Waals surface area contributed by atoms with Gasteiger partial charge in [0.15, 0.2) is 5.78 Å². The number of carbonyl (C=O) groups is 1. The summed E-state index contributed by atoms with van der Waals surface area (Å²) in [5, 5.41) is 4.19. The SMILES string of the molecule is Cc1cc2c(=O)n(CC(=O)C3CCCC3)ccn2n1. The molecule has 0 aliphatic heterocycles. The van der Waals surface area contributed by atoms with Crippen molar-refractivity contribution in [1.82, 2.24) is 14.2 Å². The third kappa shape index (κ3) is 2.20. The summed E-state index contributed by atoms with van der Waals surface area (Å²) in [5.41, 5.74) is 1.19. The van der Waals surface area contributed by atoms with Gasteiger partial charge in [0.25, 0.3) is 5.56 Å². The molecule has 5 nitrogen and oxygen atoms in total. The van der Waals surface area contributed by atoms with E-state index in [9.17, 15) is 9.59 Å². The van der Waals surface area contributed by atoms with Gasteiger partial charge < -0.3 is 4.57 Å². The van der Waals surface area contributed by atoms with Gasteiger partial charge in [-0.05, 0) is 25.8 Å². The third-order valence-electron chi connectivity index (χ3n) is 3.86. The smallest absolute Gasteiger partial charge is 0.276 e. The van der Waals surface area contributed by atoms with Crippen LogP contribution in [0, 0.1) is 12.8 Å². The van der Waals surface area contributed by atoms with E-state index in [1.807, 2.05) is 6.92 Å². The minimum absolute atomic E-state index is 0.144. The fourth-order valence-electron chi connectivity index (χ4n) is 2.82. The largest absolute Gasteiger partial charge is 0.305 e. The molecule has 1 aliphatic carbocycles. The Hall–Kier alpha value is -1.91. The number of carbonyl (C=O) groups excluding carboxylic acids is 1. The maximum absolute atomic E-state index is 12.2. The molecule has 19 heavy (non-hydrogen) atoms. The van der Waals surface area contributed by atoms with Gasteiger partial charge in [0.1, 0.15) is 5.52 Å². The molecule has 100 valence electrons. The van der Waals surface area contributed by atoms with E-state index in [0.29, 0.717) is 5.52 Å². The lowest BCUT2D eigenvalue weighted by Crippen LogP contribution is -2.27. The Labute approximate surface area is 110 Å². The number of nitrogens with zero attached hydrogens (tertiary/aromatic N) is 3. The second-order valence-electron chi connectivity index (χ2n) is 5.29. The minimum atomic E-state index is -0.144. The molecule has 2 aromatic heterocycles. The summed E-state index contributed by atoms with van der Waals surface area (Å²) in [6.07, 6.45) is 7.59. The predicted molar refractivity (Wildman–Crippen MR) is 71.2 cm³/mol. The van der Waals surface area contributed by atoms with Crippen molar-refractivity contribution in [2.45, 2.75) is 39.2 Å². The van der Waals surface area contributed by atoms with Crippen LogP contribution in [0.3, 0.4) is 0 Å². The standard InChI is InChI=1S/C14H17N3O2/c1-10-8-12-14(19)16(6-7-17(12)15-10)9-13(18)11-4-2-3-5-11/h6-8,11H,2-5,9H2,1H3. The molecule has 5 heteroatoms. The molecule has 0 unspecified atom stereocenters. The maximum Gasteiger partial charge on any atom is 0.276 e. The van der Waals surface area contributed by atoms with Crippen LogP contribution in [0.4, 0.5) is 0 Å². The van der Waals surface area contributed by atoms with Crippen molar-refractivity contribution in [3.63, 3.8) is 0 Å². The number of Topliss-reactive ketones (excluding diaryl/α,β-unsaturated/α-hetero) is 1. The summed E-state index contributed by atoms with van der Waals surface area (Å²) in [4.78, 5) is 24.4. The Morgan fingerprint density at radius 1 is 1.37 bits per heavy atom. The van der Waals surface area contributed by atoms with Crippen molar-refractivity contribution in [3.8, 4) is 0 Å². The zero-order valence-corrected chi connectivity index (χ0v) is 11.0. The summed E-state index contributed by atoms with van der Waals surface area (Å²) in [5.74, 6) is 0.329. The first kappa shape index (κ1) is 12.1. The van der Waals surface area contributed by atoms with Gasteiger partial charge in [0, 0.05) is 18.3 Å². The van der Waals surface area contributed by atoms with Crippen LogP contribution >= 0.6 is 0 Å². The van der Waals surface area contributed by atoms with E-state index in [1.165, 1.54) is 4.57 Å². The molecule has 0 N–H and O–H groups in total. The normalized spacial score (nSPS) is 16.3. The van der Waals surface area contributed by atoms with Crippen LogP contribution in [0.1, 0.15) is 31.4 Å². The zero-order chi connectivity index (χ0) is 13.4. The van der Waals surface area contributed by atoms with E-state index in [0.717, 1.165) is 31.4 Å². The van der Waals surface area contributed by atoms with Crippen molar-refractivity contribution >= 4 is 11.3 Å². The number of aromatic nitrogens is 3. The van der Waals surface area contributed by atoms with Crippen molar-refractivity contribution in [1.29, 1.82) is 0 Å². The Morgan fingerprint density at radius 3 is 2.84 bits per heavy atom. The van der Waals surface area contributed by atoms with Crippen LogP contribution < -0.4 is 5.56 Å². The van der Waals surface area contributed by atoms with Crippen LogP contribution in [0.15, 0.2) is 23.3 Å². The molecule has 1 saturated carbocycles. The van der Waals surface area contributed by atoms with Crippen molar-refractivity contribution in [2.75, 3.05) is 0 Å². The Balaban J connectivity index is 1.90. The second kappa shape index (κ2) is 4.64. The Morgan fingerprint density at radius 2 is 2.11 bits per heavy atom. The number of ketones is 1. The molecule has 0 aromatic carbocycles. The highest BCUT2D eigenvalue weighted by atomic mass is 16.1. The van der Waals surface area contributed by atoms with Gasteiger partial charge in [-0.25, -0.2) is 4.52 Å². The molecule has 2 heterocycles. The molecular formula is C14H17N3O2. The van der Waals surface area contributed by atoms with Crippen molar-refractivity contribution < 1.29 is 4.79 Å². The molecular weight excluding hydrogens is 242 g/mol. The first-order valence-corrected chi connectivity index (χ1v) is 6.73. The van der Waals surface area contributed by atoms with Gasteiger partial charge in [-0.1, -0.05) is 12.8 Å². The highest BCUT2D eigenvalue weighted by Crippen LogP contribution is 2.25. The van der Waals surface area contributed by atoms with E-state index >= 15 is 0 Å². The first-order chi connectivity index (χ1) is 9.15. The fourth-order valence-corrected chi connectivity index (χ4v) is 2.82. The lowest BCUT2D eigenvalue weighted by Gasteiger charge is -2.09. The molecule has 1 fully saturated rings. The van der Waals surface area contributed by atoms with Gasteiger partial charge in [-0.2, -0.15) is 5.10 Å².